The zero-order chi connectivity index (χ0) is 10.6. The summed E-state index contributed by atoms with van der Waals surface area (Å²) in [6, 6.07) is 8.35. The van der Waals surface area contributed by atoms with Crippen LogP contribution in [0.3, 0.4) is 0 Å². The minimum absolute atomic E-state index is 0. The molecule has 4 heteroatoms. The Kier molecular flexibility index (Phi) is 6.48. The summed E-state index contributed by atoms with van der Waals surface area (Å²) >= 11 is 0. The first-order valence-corrected chi connectivity index (χ1v) is 4.16. The Morgan fingerprint density at radius 1 is 1.27 bits per heavy atom. The number of ketones is 1. The molecule has 0 atom stereocenters. The summed E-state index contributed by atoms with van der Waals surface area (Å²) in [6.07, 6.45) is 1.30. The first-order valence-electron chi connectivity index (χ1n) is 4.16. The molecule has 1 aromatic rings. The largest absolute Gasteiger partial charge is 2.00 e. The number of carboxylic acids is 1. The van der Waals surface area contributed by atoms with Crippen LogP contribution in [-0.2, 0) is 4.79 Å². The van der Waals surface area contributed by atoms with E-state index in [9.17, 15) is 9.59 Å². The van der Waals surface area contributed by atoms with Crippen molar-refractivity contribution in [3.05, 3.63) is 47.5 Å². The summed E-state index contributed by atoms with van der Waals surface area (Å²) in [5, 5.41) is 8.72. The Labute approximate surface area is 121 Å². The molecule has 0 aromatic heterocycles. The van der Waals surface area contributed by atoms with Crippen molar-refractivity contribution in [2.45, 2.75) is 6.92 Å². The molecule has 0 saturated carbocycles. The van der Waals surface area contributed by atoms with Gasteiger partial charge in [-0.2, -0.15) is 0 Å². The first-order chi connectivity index (χ1) is 6.66. The van der Waals surface area contributed by atoms with Crippen LogP contribution in [0.4, 0.5) is 0 Å². The Balaban J connectivity index is -0.000000653. The number of hydrogen-bond acceptors (Lipinski definition) is 2. The summed E-state index contributed by atoms with van der Waals surface area (Å²) in [6.45, 7) is 1.53. The summed E-state index contributed by atoms with van der Waals surface area (Å²) in [5.41, 5.74) is 0.194. The quantitative estimate of drug-likeness (QED) is 0.284. The van der Waals surface area contributed by atoms with Crippen LogP contribution in [0.15, 0.2) is 42.0 Å². The van der Waals surface area contributed by atoms with Crippen molar-refractivity contribution in [3.8, 4) is 0 Å². The summed E-state index contributed by atoms with van der Waals surface area (Å²) < 4.78 is 0. The fourth-order valence-corrected chi connectivity index (χ4v) is 1.10. The van der Waals surface area contributed by atoms with Crippen LogP contribution in [0.5, 0.6) is 0 Å². The molecule has 0 amide bonds. The van der Waals surface area contributed by atoms with Crippen LogP contribution in [0.2, 0.25) is 0 Å². The standard InChI is InChI=1S/C11H10O3.Ca.2H/c1-2-9(11(13)14)10(12)8-6-4-3-5-7-8;;;/h2-7H,1H3,(H,13,14);;;/q;+2;2*-1. The number of rotatable bonds is 3. The Morgan fingerprint density at radius 2 is 1.80 bits per heavy atom. The molecular formula is C11H12CaO3. The summed E-state index contributed by atoms with van der Waals surface area (Å²) in [7, 11) is 0. The van der Waals surface area contributed by atoms with Crippen molar-refractivity contribution in [2.24, 2.45) is 0 Å². The SMILES string of the molecule is CC=C(C(=O)O)C(=O)c1ccccc1.[Ca+2].[H-].[H-]. The van der Waals surface area contributed by atoms with Gasteiger partial charge >= 0.3 is 43.7 Å². The maximum absolute atomic E-state index is 11.6. The van der Waals surface area contributed by atoms with E-state index in [1.807, 2.05) is 0 Å². The number of carbonyl (C=O) groups is 2. The third-order valence-electron chi connectivity index (χ3n) is 1.80. The molecule has 1 N–H and O–H groups in total. The van der Waals surface area contributed by atoms with Crippen molar-refractivity contribution < 1.29 is 17.5 Å². The Morgan fingerprint density at radius 3 is 2.20 bits per heavy atom. The van der Waals surface area contributed by atoms with Gasteiger partial charge in [0.1, 0.15) is 5.57 Å². The average Bonchev–Trinajstić information content (AvgIpc) is 2.19. The van der Waals surface area contributed by atoms with Crippen molar-refractivity contribution >= 4 is 49.5 Å². The molecule has 0 aliphatic carbocycles. The third-order valence-corrected chi connectivity index (χ3v) is 1.80. The number of benzene rings is 1. The van der Waals surface area contributed by atoms with Crippen LogP contribution < -0.4 is 0 Å². The maximum atomic E-state index is 11.6. The van der Waals surface area contributed by atoms with E-state index in [-0.39, 0.29) is 46.2 Å². The van der Waals surface area contributed by atoms with Crippen LogP contribution in [0.1, 0.15) is 20.1 Å². The normalized spacial score (nSPS) is 10.3. The molecule has 1 aromatic carbocycles. The number of carbonyl (C=O) groups excluding carboxylic acids is 1. The molecule has 0 saturated heterocycles. The van der Waals surface area contributed by atoms with Crippen molar-refractivity contribution in [1.82, 2.24) is 0 Å². The minimum atomic E-state index is -1.19. The van der Waals surface area contributed by atoms with E-state index < -0.39 is 11.8 Å². The zero-order valence-electron chi connectivity index (χ0n) is 10.4. The van der Waals surface area contributed by atoms with Gasteiger partial charge in [-0.1, -0.05) is 36.4 Å². The van der Waals surface area contributed by atoms with Gasteiger partial charge in [0.25, 0.3) is 0 Å². The maximum Gasteiger partial charge on any atom is 2.00 e. The first kappa shape index (κ1) is 14.4. The van der Waals surface area contributed by atoms with Gasteiger partial charge in [-0.05, 0) is 6.92 Å². The molecule has 15 heavy (non-hydrogen) atoms. The molecule has 76 valence electrons. The molecule has 0 aliphatic rings. The second-order valence-corrected chi connectivity index (χ2v) is 2.70. The van der Waals surface area contributed by atoms with Gasteiger partial charge in [0, 0.05) is 5.56 Å². The smallest absolute Gasteiger partial charge is 1.00 e. The predicted octanol–water partition coefficient (Wildman–Crippen LogP) is 1.74. The van der Waals surface area contributed by atoms with Gasteiger partial charge in [0.2, 0.25) is 0 Å². The molecule has 3 nitrogen and oxygen atoms in total. The van der Waals surface area contributed by atoms with Crippen molar-refractivity contribution in [3.63, 3.8) is 0 Å². The van der Waals surface area contributed by atoms with Gasteiger partial charge < -0.3 is 7.96 Å². The van der Waals surface area contributed by atoms with E-state index in [4.69, 9.17) is 5.11 Å². The van der Waals surface area contributed by atoms with E-state index in [0.717, 1.165) is 0 Å². The Hall–Kier alpha value is -0.640. The number of aliphatic carboxylic acids is 1. The van der Waals surface area contributed by atoms with Gasteiger partial charge in [-0.25, -0.2) is 4.79 Å². The van der Waals surface area contributed by atoms with E-state index in [1.54, 1.807) is 30.3 Å². The Bertz CT molecular complexity index is 391. The number of hydrogen-bond donors (Lipinski definition) is 1. The second kappa shape index (κ2) is 6.77. The minimum Gasteiger partial charge on any atom is -1.00 e. The summed E-state index contributed by atoms with van der Waals surface area (Å²) in [4.78, 5) is 22.2. The van der Waals surface area contributed by atoms with Crippen molar-refractivity contribution in [1.29, 1.82) is 0 Å². The average molecular weight is 232 g/mol. The fraction of sp³-hybridized carbons (Fsp3) is 0.0909. The second-order valence-electron chi connectivity index (χ2n) is 2.70. The van der Waals surface area contributed by atoms with Crippen LogP contribution >= 0.6 is 0 Å². The number of Topliss-reactive ketones (excluding diaryl/α,β-unsaturated/α-hetero) is 1. The molecule has 0 spiro atoms. The van der Waals surface area contributed by atoms with Gasteiger partial charge in [-0.15, -0.1) is 0 Å². The molecule has 0 heterocycles. The van der Waals surface area contributed by atoms with Crippen LogP contribution in [0, 0.1) is 0 Å². The molecule has 0 radical (unpaired) electrons. The molecule has 0 unspecified atom stereocenters. The zero-order valence-corrected chi connectivity index (χ0v) is 10.6. The molecule has 1 rings (SSSR count). The topological polar surface area (TPSA) is 54.4 Å². The van der Waals surface area contributed by atoms with Crippen LogP contribution in [0.25, 0.3) is 0 Å². The van der Waals surface area contributed by atoms with Gasteiger partial charge in [-0.3, -0.25) is 4.79 Å². The van der Waals surface area contributed by atoms with Gasteiger partial charge in [0.15, 0.2) is 5.78 Å². The van der Waals surface area contributed by atoms with Gasteiger partial charge in [0.05, 0.1) is 0 Å². The van der Waals surface area contributed by atoms with Crippen molar-refractivity contribution in [2.75, 3.05) is 0 Å². The monoisotopic (exact) mass is 232 g/mol. The predicted molar refractivity (Wildman–Crippen MR) is 60.1 cm³/mol. The van der Waals surface area contributed by atoms with E-state index >= 15 is 0 Å². The molecule has 0 fully saturated rings. The molecule has 0 bridgehead atoms. The summed E-state index contributed by atoms with van der Waals surface area (Å²) in [5.74, 6) is -1.65. The van der Waals surface area contributed by atoms with Crippen LogP contribution in [-0.4, -0.2) is 54.6 Å². The number of carboxylic acid groups (broad SMARTS) is 1. The molecular weight excluding hydrogens is 220 g/mol. The van der Waals surface area contributed by atoms with E-state index in [0.29, 0.717) is 5.56 Å². The fourth-order valence-electron chi connectivity index (χ4n) is 1.10. The number of allylic oxidation sites excluding steroid dienone is 1. The van der Waals surface area contributed by atoms with E-state index in [2.05, 4.69) is 0 Å². The molecule has 0 aliphatic heterocycles. The van der Waals surface area contributed by atoms with E-state index in [1.165, 1.54) is 13.0 Å². The third kappa shape index (κ3) is 3.78.